The Balaban J connectivity index is 2.86. The van der Waals surface area contributed by atoms with Gasteiger partial charge in [0.25, 0.3) is 0 Å². The minimum atomic E-state index is 0.204. The Morgan fingerprint density at radius 2 is 2.17 bits per heavy atom. The normalized spacial score (nSPS) is 12.9. The lowest BCUT2D eigenvalue weighted by molar-refractivity contribution is 0.852. The fourth-order valence-electron chi connectivity index (χ4n) is 0.850. The topological polar surface area (TPSA) is 12.9 Å². The molecule has 1 rings (SSSR count). The highest BCUT2D eigenvalue weighted by Gasteiger charge is 2.08. The van der Waals surface area contributed by atoms with Gasteiger partial charge in [0.2, 0.25) is 0 Å². The van der Waals surface area contributed by atoms with Gasteiger partial charge in [0.15, 0.2) is 0 Å². The molecule has 0 bridgehead atoms. The number of hydrogen-bond donors (Lipinski definition) is 0. The van der Waals surface area contributed by atoms with Crippen molar-refractivity contribution in [1.29, 1.82) is 0 Å². The van der Waals surface area contributed by atoms with Gasteiger partial charge in [0, 0.05) is 17.0 Å². The third kappa shape index (κ3) is 1.86. The molecule has 1 unspecified atom stereocenters. The number of rotatable bonds is 2. The monoisotopic (exact) mass is 179 g/mol. The molecule has 0 aliphatic heterocycles. The number of aromatic nitrogens is 1. The minimum Gasteiger partial charge on any atom is -0.249 e. The highest BCUT2D eigenvalue weighted by atomic mass is 32.1. The molecule has 0 aromatic carbocycles. The van der Waals surface area contributed by atoms with Gasteiger partial charge >= 0.3 is 0 Å². The molecule has 1 aromatic rings. The lowest BCUT2D eigenvalue weighted by atomic mass is 10.2. The second-order valence-electron chi connectivity index (χ2n) is 3.14. The van der Waals surface area contributed by atoms with Crippen LogP contribution < -0.4 is 0 Å². The third-order valence-corrected chi connectivity index (χ3v) is 3.19. The number of nitrogens with zero attached hydrogens (tertiary/aromatic N) is 1. The third-order valence-electron chi connectivity index (χ3n) is 1.71. The molecule has 1 aromatic heterocycles. The average Bonchev–Trinajstić information content (AvgIpc) is 2.51. The fourth-order valence-corrected chi connectivity index (χ4v) is 1.78. The van der Waals surface area contributed by atoms with E-state index in [-0.39, 0.29) is 5.92 Å². The van der Waals surface area contributed by atoms with Crippen LogP contribution in [0.5, 0.6) is 0 Å². The lowest BCUT2D eigenvalue weighted by Gasteiger charge is -1.97. The van der Waals surface area contributed by atoms with Gasteiger partial charge in [0.05, 0.1) is 10.9 Å². The summed E-state index contributed by atoms with van der Waals surface area (Å²) in [5.41, 5.74) is 0. The molecule has 0 aliphatic carbocycles. The molecule has 0 spiro atoms. The van der Waals surface area contributed by atoms with Crippen LogP contribution in [0.3, 0.4) is 0 Å². The van der Waals surface area contributed by atoms with E-state index in [1.807, 2.05) is 13.1 Å². The second-order valence-corrected chi connectivity index (χ2v) is 4.24. The summed E-state index contributed by atoms with van der Waals surface area (Å²) in [5, 5.41) is 1.17. The summed E-state index contributed by atoms with van der Waals surface area (Å²) >= 11 is 1.72. The molecule has 0 saturated carbocycles. The molecule has 12 heavy (non-hydrogen) atoms. The SMILES string of the molecule is C#CC(C)c1cnc(C(C)C)s1. The Labute approximate surface area is 77.8 Å². The summed E-state index contributed by atoms with van der Waals surface area (Å²) < 4.78 is 0. The van der Waals surface area contributed by atoms with Gasteiger partial charge < -0.3 is 0 Å². The Kier molecular flexibility index (Phi) is 2.88. The number of thiazole rings is 1. The molecule has 2 heteroatoms. The summed E-state index contributed by atoms with van der Waals surface area (Å²) in [6.45, 7) is 6.31. The van der Waals surface area contributed by atoms with Gasteiger partial charge in [-0.15, -0.1) is 17.8 Å². The van der Waals surface area contributed by atoms with E-state index in [1.165, 1.54) is 9.88 Å². The Morgan fingerprint density at radius 3 is 2.58 bits per heavy atom. The van der Waals surface area contributed by atoms with Crippen LogP contribution in [0.1, 0.15) is 42.5 Å². The molecule has 0 radical (unpaired) electrons. The Morgan fingerprint density at radius 1 is 1.50 bits per heavy atom. The van der Waals surface area contributed by atoms with Gasteiger partial charge in [-0.05, 0) is 6.92 Å². The van der Waals surface area contributed by atoms with Crippen molar-refractivity contribution in [3.63, 3.8) is 0 Å². The predicted molar refractivity (Wildman–Crippen MR) is 53.5 cm³/mol. The lowest BCUT2D eigenvalue weighted by Crippen LogP contribution is -1.82. The van der Waals surface area contributed by atoms with E-state index in [2.05, 4.69) is 24.8 Å². The van der Waals surface area contributed by atoms with Crippen LogP contribution in [0.4, 0.5) is 0 Å². The highest BCUT2D eigenvalue weighted by Crippen LogP contribution is 2.26. The molecule has 0 saturated heterocycles. The Bertz CT molecular complexity index is 293. The van der Waals surface area contributed by atoms with Gasteiger partial charge in [-0.1, -0.05) is 19.8 Å². The first-order chi connectivity index (χ1) is 5.65. The smallest absolute Gasteiger partial charge is 0.0953 e. The fraction of sp³-hybridized carbons (Fsp3) is 0.500. The van der Waals surface area contributed by atoms with Gasteiger partial charge in [-0.3, -0.25) is 0 Å². The van der Waals surface area contributed by atoms with Crippen molar-refractivity contribution >= 4 is 11.3 Å². The molecule has 1 heterocycles. The van der Waals surface area contributed by atoms with E-state index < -0.39 is 0 Å². The summed E-state index contributed by atoms with van der Waals surface area (Å²) in [4.78, 5) is 5.50. The van der Waals surface area contributed by atoms with E-state index in [0.29, 0.717) is 5.92 Å². The van der Waals surface area contributed by atoms with Crippen molar-refractivity contribution in [2.75, 3.05) is 0 Å². The van der Waals surface area contributed by atoms with E-state index in [0.717, 1.165) is 0 Å². The van der Waals surface area contributed by atoms with Crippen molar-refractivity contribution < 1.29 is 0 Å². The van der Waals surface area contributed by atoms with Crippen LogP contribution in [0.25, 0.3) is 0 Å². The zero-order chi connectivity index (χ0) is 9.14. The summed E-state index contributed by atoms with van der Waals surface area (Å²) in [6, 6.07) is 0. The maximum Gasteiger partial charge on any atom is 0.0953 e. The van der Waals surface area contributed by atoms with E-state index in [9.17, 15) is 0 Å². The van der Waals surface area contributed by atoms with Crippen molar-refractivity contribution in [3.05, 3.63) is 16.1 Å². The van der Waals surface area contributed by atoms with Crippen LogP contribution in [-0.4, -0.2) is 4.98 Å². The first-order valence-corrected chi connectivity index (χ1v) is 4.88. The summed E-state index contributed by atoms with van der Waals surface area (Å²) in [7, 11) is 0. The Hall–Kier alpha value is -0.810. The maximum atomic E-state index is 5.32. The first kappa shape index (κ1) is 9.28. The first-order valence-electron chi connectivity index (χ1n) is 4.07. The van der Waals surface area contributed by atoms with Crippen LogP contribution in [-0.2, 0) is 0 Å². The number of hydrogen-bond acceptors (Lipinski definition) is 2. The summed E-state index contributed by atoms with van der Waals surface area (Å²) in [6.07, 6.45) is 7.21. The molecular formula is C10H13NS. The average molecular weight is 179 g/mol. The molecule has 0 amide bonds. The summed E-state index contributed by atoms with van der Waals surface area (Å²) in [5.74, 6) is 3.42. The van der Waals surface area contributed by atoms with Crippen molar-refractivity contribution in [2.24, 2.45) is 0 Å². The molecule has 1 atom stereocenters. The van der Waals surface area contributed by atoms with Crippen LogP contribution in [0, 0.1) is 12.3 Å². The van der Waals surface area contributed by atoms with Gasteiger partial charge in [0.1, 0.15) is 0 Å². The van der Waals surface area contributed by atoms with Gasteiger partial charge in [-0.25, -0.2) is 4.98 Å². The van der Waals surface area contributed by atoms with Crippen molar-refractivity contribution in [1.82, 2.24) is 4.98 Å². The van der Waals surface area contributed by atoms with E-state index in [4.69, 9.17) is 6.42 Å². The second kappa shape index (κ2) is 3.73. The standard InChI is InChI=1S/C10H13NS/c1-5-8(4)9-6-11-10(12-9)7(2)3/h1,6-8H,2-4H3. The zero-order valence-corrected chi connectivity index (χ0v) is 8.48. The van der Waals surface area contributed by atoms with Gasteiger partial charge in [-0.2, -0.15) is 0 Å². The zero-order valence-electron chi connectivity index (χ0n) is 7.66. The highest BCUT2D eigenvalue weighted by molar-refractivity contribution is 7.11. The molecule has 0 fully saturated rings. The maximum absolute atomic E-state index is 5.32. The quantitative estimate of drug-likeness (QED) is 0.636. The van der Waals surface area contributed by atoms with Crippen LogP contribution in [0.2, 0.25) is 0 Å². The minimum absolute atomic E-state index is 0.204. The van der Waals surface area contributed by atoms with Crippen molar-refractivity contribution in [3.8, 4) is 12.3 Å². The van der Waals surface area contributed by atoms with E-state index >= 15 is 0 Å². The van der Waals surface area contributed by atoms with E-state index in [1.54, 1.807) is 11.3 Å². The largest absolute Gasteiger partial charge is 0.249 e. The molecule has 64 valence electrons. The van der Waals surface area contributed by atoms with Crippen LogP contribution >= 0.6 is 11.3 Å². The number of terminal acetylenes is 1. The predicted octanol–water partition coefficient (Wildman–Crippen LogP) is 3.00. The molecule has 0 aliphatic rings. The van der Waals surface area contributed by atoms with Crippen molar-refractivity contribution in [2.45, 2.75) is 32.6 Å². The molecule has 1 nitrogen and oxygen atoms in total. The molecule has 0 N–H and O–H groups in total. The van der Waals surface area contributed by atoms with Crippen LogP contribution in [0.15, 0.2) is 6.20 Å². The molecular weight excluding hydrogens is 166 g/mol.